The molecule has 0 heterocycles. The molecule has 0 saturated carbocycles. The maximum absolute atomic E-state index is 11.9. The van der Waals surface area contributed by atoms with E-state index in [1.807, 2.05) is 24.3 Å². The Morgan fingerprint density at radius 1 is 1.15 bits per heavy atom. The van der Waals surface area contributed by atoms with Crippen LogP contribution in [0.25, 0.3) is 0 Å². The third kappa shape index (κ3) is 7.38. The average Bonchev–Trinajstić information content (AvgIpc) is 2.42. The minimum Gasteiger partial charge on any atom is -0.317 e. The van der Waals surface area contributed by atoms with Crippen molar-refractivity contribution in [3.63, 3.8) is 0 Å². The van der Waals surface area contributed by atoms with Crippen LogP contribution in [0.15, 0.2) is 28.7 Å². The van der Waals surface area contributed by atoms with Crippen LogP contribution in [0.2, 0.25) is 0 Å². The smallest absolute Gasteiger partial charge is 0.211 e. The molecule has 2 N–H and O–H groups in total. The number of hydrogen-bond acceptors (Lipinski definition) is 3. The highest BCUT2D eigenvalue weighted by Gasteiger charge is 2.10. The number of halogens is 1. The summed E-state index contributed by atoms with van der Waals surface area (Å²) in [6.45, 7) is 4.32. The molecule has 0 spiro atoms. The molecule has 6 heteroatoms. The van der Waals surface area contributed by atoms with Crippen LogP contribution in [0.1, 0.15) is 31.7 Å². The Morgan fingerprint density at radius 2 is 1.90 bits per heavy atom. The first-order valence-corrected chi connectivity index (χ1v) is 9.41. The fraction of sp³-hybridized carbons (Fsp3) is 0.571. The fourth-order valence-corrected chi connectivity index (χ4v) is 3.27. The topological polar surface area (TPSA) is 58.2 Å². The highest BCUT2D eigenvalue weighted by atomic mass is 79.9. The summed E-state index contributed by atoms with van der Waals surface area (Å²) in [6, 6.07) is 7.61. The summed E-state index contributed by atoms with van der Waals surface area (Å²) in [4.78, 5) is 0. The first-order valence-electron chi connectivity index (χ1n) is 6.96. The predicted molar refractivity (Wildman–Crippen MR) is 87.2 cm³/mol. The molecule has 1 aromatic carbocycles. The van der Waals surface area contributed by atoms with Gasteiger partial charge >= 0.3 is 0 Å². The zero-order chi connectivity index (χ0) is 14.8. The number of rotatable bonds is 10. The van der Waals surface area contributed by atoms with E-state index >= 15 is 0 Å². The Kier molecular flexibility index (Phi) is 8.37. The van der Waals surface area contributed by atoms with E-state index in [1.54, 1.807) is 0 Å². The van der Waals surface area contributed by atoms with Crippen molar-refractivity contribution in [2.45, 2.75) is 32.7 Å². The SMILES string of the molecule is CCCNCCCCS(=O)(=O)NCc1ccccc1Br. The zero-order valence-corrected chi connectivity index (χ0v) is 14.3. The van der Waals surface area contributed by atoms with E-state index in [0.717, 1.165) is 36.0 Å². The lowest BCUT2D eigenvalue weighted by Gasteiger charge is -2.08. The summed E-state index contributed by atoms with van der Waals surface area (Å²) in [5, 5.41) is 3.27. The van der Waals surface area contributed by atoms with E-state index in [9.17, 15) is 8.42 Å². The maximum Gasteiger partial charge on any atom is 0.211 e. The van der Waals surface area contributed by atoms with E-state index in [0.29, 0.717) is 13.0 Å². The third-order valence-electron chi connectivity index (χ3n) is 2.88. The molecule has 0 fully saturated rings. The van der Waals surface area contributed by atoms with Crippen LogP contribution < -0.4 is 10.0 Å². The van der Waals surface area contributed by atoms with Crippen LogP contribution in [0.5, 0.6) is 0 Å². The van der Waals surface area contributed by atoms with Gasteiger partial charge in [-0.2, -0.15) is 0 Å². The van der Waals surface area contributed by atoms with Crippen molar-refractivity contribution in [2.75, 3.05) is 18.8 Å². The van der Waals surface area contributed by atoms with Gasteiger partial charge in [-0.3, -0.25) is 0 Å². The number of nitrogens with one attached hydrogen (secondary N) is 2. The van der Waals surface area contributed by atoms with Gasteiger partial charge in [0.1, 0.15) is 0 Å². The largest absolute Gasteiger partial charge is 0.317 e. The van der Waals surface area contributed by atoms with Gasteiger partial charge in [-0.05, 0) is 44.0 Å². The molecule has 20 heavy (non-hydrogen) atoms. The van der Waals surface area contributed by atoms with Gasteiger partial charge in [-0.25, -0.2) is 13.1 Å². The Hall–Kier alpha value is -0.430. The summed E-state index contributed by atoms with van der Waals surface area (Å²) in [5.74, 6) is 0.186. The molecule has 0 saturated heterocycles. The number of hydrogen-bond donors (Lipinski definition) is 2. The van der Waals surface area contributed by atoms with Gasteiger partial charge in [0.05, 0.1) is 5.75 Å². The van der Waals surface area contributed by atoms with Gasteiger partial charge in [0, 0.05) is 11.0 Å². The minimum absolute atomic E-state index is 0.186. The van der Waals surface area contributed by atoms with Crippen molar-refractivity contribution in [3.05, 3.63) is 34.3 Å². The first kappa shape index (κ1) is 17.6. The first-order chi connectivity index (χ1) is 9.55. The molecule has 0 aliphatic carbocycles. The summed E-state index contributed by atoms with van der Waals surface area (Å²) < 4.78 is 27.3. The van der Waals surface area contributed by atoms with Gasteiger partial charge in [-0.15, -0.1) is 0 Å². The summed E-state index contributed by atoms with van der Waals surface area (Å²) >= 11 is 3.41. The quantitative estimate of drug-likeness (QED) is 0.629. The van der Waals surface area contributed by atoms with Gasteiger partial charge in [0.2, 0.25) is 10.0 Å². The second-order valence-corrected chi connectivity index (χ2v) is 7.47. The molecular formula is C14H23BrN2O2S. The second kappa shape index (κ2) is 9.50. The molecule has 0 radical (unpaired) electrons. The van der Waals surface area contributed by atoms with Gasteiger partial charge in [0.25, 0.3) is 0 Å². The highest BCUT2D eigenvalue weighted by Crippen LogP contribution is 2.15. The van der Waals surface area contributed by atoms with E-state index in [2.05, 4.69) is 32.9 Å². The Balaban J connectivity index is 2.26. The van der Waals surface area contributed by atoms with Crippen molar-refractivity contribution in [2.24, 2.45) is 0 Å². The zero-order valence-electron chi connectivity index (χ0n) is 11.9. The van der Waals surface area contributed by atoms with Crippen LogP contribution in [-0.2, 0) is 16.6 Å². The van der Waals surface area contributed by atoms with E-state index in [4.69, 9.17) is 0 Å². The van der Waals surface area contributed by atoms with Crippen molar-refractivity contribution >= 4 is 26.0 Å². The maximum atomic E-state index is 11.9. The Morgan fingerprint density at radius 3 is 2.60 bits per heavy atom. The molecule has 1 rings (SSSR count). The molecule has 0 unspecified atom stereocenters. The highest BCUT2D eigenvalue weighted by molar-refractivity contribution is 9.10. The van der Waals surface area contributed by atoms with Gasteiger partial charge in [0.15, 0.2) is 0 Å². The van der Waals surface area contributed by atoms with Crippen LogP contribution >= 0.6 is 15.9 Å². The van der Waals surface area contributed by atoms with Gasteiger partial charge in [-0.1, -0.05) is 41.1 Å². The van der Waals surface area contributed by atoms with E-state index in [-0.39, 0.29) is 5.75 Å². The third-order valence-corrected chi connectivity index (χ3v) is 5.07. The van der Waals surface area contributed by atoms with Crippen LogP contribution in [0.3, 0.4) is 0 Å². The second-order valence-electron chi connectivity index (χ2n) is 4.69. The van der Waals surface area contributed by atoms with Crippen molar-refractivity contribution in [1.29, 1.82) is 0 Å². The molecular weight excluding hydrogens is 340 g/mol. The molecule has 0 atom stereocenters. The van der Waals surface area contributed by atoms with Gasteiger partial charge < -0.3 is 5.32 Å². The Labute approximate surface area is 130 Å². The van der Waals surface area contributed by atoms with E-state index in [1.165, 1.54) is 0 Å². The monoisotopic (exact) mass is 362 g/mol. The normalized spacial score (nSPS) is 11.7. The minimum atomic E-state index is -3.19. The molecule has 1 aromatic rings. The number of unbranched alkanes of at least 4 members (excludes halogenated alkanes) is 1. The van der Waals surface area contributed by atoms with E-state index < -0.39 is 10.0 Å². The number of benzene rings is 1. The molecule has 4 nitrogen and oxygen atoms in total. The lowest BCUT2D eigenvalue weighted by molar-refractivity contribution is 0.572. The predicted octanol–water partition coefficient (Wildman–Crippen LogP) is 2.65. The molecule has 0 aromatic heterocycles. The summed E-state index contributed by atoms with van der Waals surface area (Å²) in [5.41, 5.74) is 0.945. The fourth-order valence-electron chi connectivity index (χ4n) is 1.75. The summed E-state index contributed by atoms with van der Waals surface area (Å²) in [7, 11) is -3.19. The molecule has 0 amide bonds. The number of sulfonamides is 1. The molecule has 0 aliphatic heterocycles. The molecule has 114 valence electrons. The standard InChI is InChI=1S/C14H23BrN2O2S/c1-2-9-16-10-5-6-11-20(18,19)17-12-13-7-3-4-8-14(13)15/h3-4,7-8,16-17H,2,5-6,9-12H2,1H3. The van der Waals surface area contributed by atoms with Crippen molar-refractivity contribution < 1.29 is 8.42 Å². The summed E-state index contributed by atoms with van der Waals surface area (Å²) in [6.07, 6.45) is 2.67. The van der Waals surface area contributed by atoms with Crippen molar-refractivity contribution in [1.82, 2.24) is 10.0 Å². The van der Waals surface area contributed by atoms with Crippen LogP contribution in [0.4, 0.5) is 0 Å². The molecule has 0 aliphatic rings. The Bertz CT molecular complexity index is 492. The lowest BCUT2D eigenvalue weighted by atomic mass is 10.2. The van der Waals surface area contributed by atoms with Crippen molar-refractivity contribution in [3.8, 4) is 0 Å². The van der Waals surface area contributed by atoms with Crippen LogP contribution in [-0.4, -0.2) is 27.3 Å². The molecule has 0 bridgehead atoms. The lowest BCUT2D eigenvalue weighted by Crippen LogP contribution is -2.26. The average molecular weight is 363 g/mol. The van der Waals surface area contributed by atoms with Crippen LogP contribution in [0, 0.1) is 0 Å².